The van der Waals surface area contributed by atoms with Crippen LogP contribution in [-0.4, -0.2) is 22.5 Å². The maximum atomic E-state index is 12.0. The first-order valence-corrected chi connectivity index (χ1v) is 8.57. The van der Waals surface area contributed by atoms with Crippen LogP contribution >= 0.6 is 11.3 Å². The SMILES string of the molecule is CCOC(=O)c1sc(-c2ccc3[nH]cc(CCC#N)c3c2)nc1C. The van der Waals surface area contributed by atoms with Crippen molar-refractivity contribution in [2.45, 2.75) is 26.7 Å². The van der Waals surface area contributed by atoms with Gasteiger partial charge in [-0.2, -0.15) is 5.26 Å². The molecule has 0 amide bonds. The van der Waals surface area contributed by atoms with Crippen molar-refractivity contribution in [1.82, 2.24) is 9.97 Å². The van der Waals surface area contributed by atoms with E-state index >= 15 is 0 Å². The fourth-order valence-electron chi connectivity index (χ4n) is 2.61. The van der Waals surface area contributed by atoms with E-state index < -0.39 is 0 Å². The van der Waals surface area contributed by atoms with Crippen molar-refractivity contribution < 1.29 is 9.53 Å². The number of nitrogens with zero attached hydrogens (tertiary/aromatic N) is 2. The van der Waals surface area contributed by atoms with Crippen molar-refractivity contribution in [2.24, 2.45) is 0 Å². The molecule has 0 atom stereocenters. The van der Waals surface area contributed by atoms with Crippen molar-refractivity contribution in [3.8, 4) is 16.6 Å². The predicted octanol–water partition coefficient (Wildman–Crippen LogP) is 4.23. The topological polar surface area (TPSA) is 78.8 Å². The fraction of sp³-hybridized carbons (Fsp3) is 0.278. The number of nitrogens with one attached hydrogen (secondary N) is 1. The molecule has 2 aromatic heterocycles. The second kappa shape index (κ2) is 6.85. The van der Waals surface area contributed by atoms with Crippen LogP contribution in [-0.2, 0) is 11.2 Å². The molecule has 0 spiro atoms. The molecule has 3 aromatic rings. The molecule has 1 aromatic carbocycles. The second-order valence-corrected chi connectivity index (χ2v) is 6.39. The number of rotatable bonds is 5. The third-order valence-corrected chi connectivity index (χ3v) is 4.96. The highest BCUT2D eigenvalue weighted by molar-refractivity contribution is 7.17. The average molecular weight is 339 g/mol. The number of ether oxygens (including phenoxy) is 1. The Bertz CT molecular complexity index is 934. The molecule has 0 radical (unpaired) electrons. The number of thiazole rings is 1. The van der Waals surface area contributed by atoms with E-state index in [0.29, 0.717) is 30.0 Å². The number of fused-ring (bicyclic) bond motifs is 1. The van der Waals surface area contributed by atoms with Crippen LogP contribution in [0.5, 0.6) is 0 Å². The summed E-state index contributed by atoms with van der Waals surface area (Å²) in [5.74, 6) is -0.323. The Morgan fingerprint density at radius 2 is 2.29 bits per heavy atom. The molecular weight excluding hydrogens is 322 g/mol. The summed E-state index contributed by atoms with van der Waals surface area (Å²) in [6, 6.07) is 8.23. The number of carbonyl (C=O) groups is 1. The van der Waals surface area contributed by atoms with Gasteiger partial charge in [0.25, 0.3) is 0 Å². The quantitative estimate of drug-likeness (QED) is 0.705. The van der Waals surface area contributed by atoms with Gasteiger partial charge in [0.2, 0.25) is 0 Å². The maximum Gasteiger partial charge on any atom is 0.350 e. The highest BCUT2D eigenvalue weighted by atomic mass is 32.1. The smallest absolute Gasteiger partial charge is 0.350 e. The van der Waals surface area contributed by atoms with Gasteiger partial charge >= 0.3 is 5.97 Å². The van der Waals surface area contributed by atoms with Crippen LogP contribution in [0.25, 0.3) is 21.5 Å². The number of hydrogen-bond donors (Lipinski definition) is 1. The Morgan fingerprint density at radius 3 is 3.04 bits per heavy atom. The van der Waals surface area contributed by atoms with Gasteiger partial charge in [0.1, 0.15) is 9.88 Å². The van der Waals surface area contributed by atoms with Gasteiger partial charge < -0.3 is 9.72 Å². The van der Waals surface area contributed by atoms with Crippen molar-refractivity contribution in [3.05, 3.63) is 40.5 Å². The summed E-state index contributed by atoms with van der Waals surface area (Å²) in [6.45, 7) is 3.96. The number of esters is 1. The molecule has 1 N–H and O–H groups in total. The Labute approximate surface area is 143 Å². The lowest BCUT2D eigenvalue weighted by Crippen LogP contribution is -2.03. The summed E-state index contributed by atoms with van der Waals surface area (Å²) in [5, 5.41) is 10.7. The van der Waals surface area contributed by atoms with Crippen LogP contribution in [0.1, 0.15) is 34.3 Å². The Kier molecular flexibility index (Phi) is 4.63. The van der Waals surface area contributed by atoms with Crippen LogP contribution in [0.3, 0.4) is 0 Å². The third-order valence-electron chi connectivity index (χ3n) is 3.78. The second-order valence-electron chi connectivity index (χ2n) is 5.39. The lowest BCUT2D eigenvalue weighted by molar-refractivity contribution is 0.0531. The van der Waals surface area contributed by atoms with Crippen molar-refractivity contribution >= 4 is 28.2 Å². The summed E-state index contributed by atoms with van der Waals surface area (Å²) in [5.41, 5.74) is 3.80. The normalized spacial score (nSPS) is 10.7. The first-order chi connectivity index (χ1) is 11.6. The predicted molar refractivity (Wildman–Crippen MR) is 94.0 cm³/mol. The zero-order chi connectivity index (χ0) is 17.1. The van der Waals surface area contributed by atoms with E-state index in [9.17, 15) is 4.79 Å². The van der Waals surface area contributed by atoms with Crippen LogP contribution in [0.15, 0.2) is 24.4 Å². The summed E-state index contributed by atoms with van der Waals surface area (Å²) < 4.78 is 5.08. The van der Waals surface area contributed by atoms with E-state index in [1.165, 1.54) is 11.3 Å². The van der Waals surface area contributed by atoms with Gasteiger partial charge in [0.15, 0.2) is 0 Å². The van der Waals surface area contributed by atoms with Crippen LogP contribution < -0.4 is 0 Å². The molecule has 0 bridgehead atoms. The van der Waals surface area contributed by atoms with E-state index in [0.717, 1.165) is 27.0 Å². The van der Waals surface area contributed by atoms with Gasteiger partial charge in [-0.05, 0) is 44.0 Å². The molecule has 122 valence electrons. The molecule has 5 nitrogen and oxygen atoms in total. The summed E-state index contributed by atoms with van der Waals surface area (Å²) in [6.07, 6.45) is 3.15. The molecule has 0 saturated carbocycles. The van der Waals surface area contributed by atoms with Crippen LogP contribution in [0.2, 0.25) is 0 Å². The first kappa shape index (κ1) is 16.2. The van der Waals surface area contributed by atoms with Crippen molar-refractivity contribution in [2.75, 3.05) is 6.61 Å². The summed E-state index contributed by atoms with van der Waals surface area (Å²) >= 11 is 1.35. The zero-order valence-corrected chi connectivity index (χ0v) is 14.4. The van der Waals surface area contributed by atoms with Gasteiger partial charge in [0.05, 0.1) is 18.4 Å². The zero-order valence-electron chi connectivity index (χ0n) is 13.5. The fourth-order valence-corrected chi connectivity index (χ4v) is 3.57. The summed E-state index contributed by atoms with van der Waals surface area (Å²) in [7, 11) is 0. The molecule has 3 rings (SSSR count). The minimum Gasteiger partial charge on any atom is -0.462 e. The van der Waals surface area contributed by atoms with E-state index in [1.54, 1.807) is 6.92 Å². The first-order valence-electron chi connectivity index (χ1n) is 7.76. The minimum atomic E-state index is -0.323. The molecule has 0 unspecified atom stereocenters. The van der Waals surface area contributed by atoms with Gasteiger partial charge in [-0.25, -0.2) is 9.78 Å². The van der Waals surface area contributed by atoms with Gasteiger partial charge in [-0.1, -0.05) is 0 Å². The largest absolute Gasteiger partial charge is 0.462 e. The van der Waals surface area contributed by atoms with E-state index in [1.807, 2.05) is 25.3 Å². The number of benzene rings is 1. The standard InChI is InChI=1S/C18H17N3O2S/c1-3-23-18(22)16-11(2)21-17(24-16)12-6-7-15-14(9-12)13(10-20-15)5-4-8-19/h6-7,9-10,20H,3-5H2,1-2H3. The lowest BCUT2D eigenvalue weighted by Gasteiger charge is -2.00. The Morgan fingerprint density at radius 1 is 1.46 bits per heavy atom. The van der Waals surface area contributed by atoms with Gasteiger partial charge in [-0.3, -0.25) is 0 Å². The highest BCUT2D eigenvalue weighted by Crippen LogP contribution is 2.31. The molecule has 0 fully saturated rings. The van der Waals surface area contributed by atoms with Crippen LogP contribution in [0.4, 0.5) is 0 Å². The number of carbonyl (C=O) groups excluding carboxylic acids is 1. The average Bonchev–Trinajstić information content (AvgIpc) is 3.16. The molecule has 2 heterocycles. The minimum absolute atomic E-state index is 0.323. The number of nitriles is 1. The Balaban J connectivity index is 1.99. The van der Waals surface area contributed by atoms with E-state index in [-0.39, 0.29) is 5.97 Å². The molecule has 0 aliphatic rings. The molecule has 0 aliphatic heterocycles. The molecule has 0 saturated heterocycles. The molecular formula is C18H17N3O2S. The lowest BCUT2D eigenvalue weighted by atomic mass is 10.1. The van der Waals surface area contributed by atoms with E-state index in [4.69, 9.17) is 10.00 Å². The van der Waals surface area contributed by atoms with Gasteiger partial charge in [0, 0.05) is 29.1 Å². The number of aromatic amines is 1. The third kappa shape index (κ3) is 3.03. The van der Waals surface area contributed by atoms with Crippen molar-refractivity contribution in [3.63, 3.8) is 0 Å². The van der Waals surface area contributed by atoms with E-state index in [2.05, 4.69) is 22.1 Å². The number of H-pyrrole nitrogens is 1. The number of aromatic nitrogens is 2. The monoisotopic (exact) mass is 339 g/mol. The highest BCUT2D eigenvalue weighted by Gasteiger charge is 2.17. The number of hydrogen-bond acceptors (Lipinski definition) is 5. The molecule has 6 heteroatoms. The number of aryl methyl sites for hydroxylation is 2. The summed E-state index contributed by atoms with van der Waals surface area (Å²) in [4.78, 5) is 20.3. The maximum absolute atomic E-state index is 12.0. The molecule has 0 aliphatic carbocycles. The Hall–Kier alpha value is -2.65. The molecule has 24 heavy (non-hydrogen) atoms. The van der Waals surface area contributed by atoms with Gasteiger partial charge in [-0.15, -0.1) is 11.3 Å². The van der Waals surface area contributed by atoms with Crippen LogP contribution in [0, 0.1) is 18.3 Å². The van der Waals surface area contributed by atoms with Crippen molar-refractivity contribution in [1.29, 1.82) is 5.26 Å².